The average molecular weight is 285 g/mol. The van der Waals surface area contributed by atoms with Crippen LogP contribution in [0.3, 0.4) is 0 Å². The number of carboxylic acid groups (broad SMARTS) is 1. The first-order valence-electron chi connectivity index (χ1n) is 7.19. The van der Waals surface area contributed by atoms with Gasteiger partial charge in [0.1, 0.15) is 0 Å². The molecular formula is C14H27N3O3. The fraction of sp³-hybridized carbons (Fsp3) is 0.857. The molecule has 116 valence electrons. The highest BCUT2D eigenvalue weighted by atomic mass is 16.4. The third kappa shape index (κ3) is 4.67. The second-order valence-electron chi connectivity index (χ2n) is 6.52. The Morgan fingerprint density at radius 1 is 1.15 bits per heavy atom. The van der Waals surface area contributed by atoms with Crippen LogP contribution in [0.2, 0.25) is 0 Å². The number of rotatable bonds is 8. The van der Waals surface area contributed by atoms with E-state index in [1.54, 1.807) is 27.7 Å². The number of carbonyl (C=O) groups is 2. The van der Waals surface area contributed by atoms with E-state index in [1.165, 1.54) is 12.8 Å². The molecule has 0 spiro atoms. The van der Waals surface area contributed by atoms with E-state index in [2.05, 4.69) is 16.0 Å². The first-order chi connectivity index (χ1) is 9.17. The Labute approximate surface area is 120 Å². The van der Waals surface area contributed by atoms with Crippen LogP contribution in [0.15, 0.2) is 0 Å². The van der Waals surface area contributed by atoms with E-state index in [-0.39, 0.29) is 6.03 Å². The largest absolute Gasteiger partial charge is 0.481 e. The lowest BCUT2D eigenvalue weighted by Gasteiger charge is -2.38. The topological polar surface area (TPSA) is 90.5 Å². The molecule has 2 amide bonds. The standard InChI is InChI=1S/C14H27N3O3/c1-13(2,11(18)19)14(3,4)17-12(20)16-9-5-8-15-10-6-7-10/h10,15H,5-9H2,1-4H3,(H,18,19)(H2,16,17,20). The maximum atomic E-state index is 11.8. The molecule has 4 N–H and O–H groups in total. The van der Waals surface area contributed by atoms with E-state index < -0.39 is 16.9 Å². The van der Waals surface area contributed by atoms with Crippen LogP contribution in [0, 0.1) is 5.41 Å². The molecule has 0 saturated heterocycles. The van der Waals surface area contributed by atoms with Crippen LogP contribution in [-0.4, -0.2) is 41.8 Å². The molecule has 0 unspecified atom stereocenters. The normalized spacial score (nSPS) is 15.8. The molecule has 1 saturated carbocycles. The molecule has 0 bridgehead atoms. The number of hydrogen-bond acceptors (Lipinski definition) is 3. The summed E-state index contributed by atoms with van der Waals surface area (Å²) in [6.45, 7) is 8.12. The molecule has 1 aliphatic rings. The molecule has 20 heavy (non-hydrogen) atoms. The molecule has 0 aliphatic heterocycles. The lowest BCUT2D eigenvalue weighted by atomic mass is 9.74. The number of hydrogen-bond donors (Lipinski definition) is 4. The van der Waals surface area contributed by atoms with Crippen LogP contribution in [0.25, 0.3) is 0 Å². The Hall–Kier alpha value is -1.30. The second kappa shape index (κ2) is 6.43. The van der Waals surface area contributed by atoms with Crippen LogP contribution < -0.4 is 16.0 Å². The molecule has 1 aliphatic carbocycles. The molecule has 6 nitrogen and oxygen atoms in total. The summed E-state index contributed by atoms with van der Waals surface area (Å²) < 4.78 is 0. The number of nitrogens with one attached hydrogen (secondary N) is 3. The summed E-state index contributed by atoms with van der Waals surface area (Å²) in [6.07, 6.45) is 3.38. The van der Waals surface area contributed by atoms with Gasteiger partial charge in [0.2, 0.25) is 0 Å². The highest BCUT2D eigenvalue weighted by Gasteiger charge is 2.44. The maximum absolute atomic E-state index is 11.8. The van der Waals surface area contributed by atoms with E-state index in [0.717, 1.165) is 13.0 Å². The molecule has 0 aromatic heterocycles. The van der Waals surface area contributed by atoms with E-state index in [0.29, 0.717) is 12.6 Å². The predicted octanol–water partition coefficient (Wildman–Crippen LogP) is 1.32. The minimum Gasteiger partial charge on any atom is -0.481 e. The van der Waals surface area contributed by atoms with Crippen molar-refractivity contribution in [3.63, 3.8) is 0 Å². The molecule has 0 atom stereocenters. The highest BCUT2D eigenvalue weighted by Crippen LogP contribution is 2.30. The van der Waals surface area contributed by atoms with Gasteiger partial charge >= 0.3 is 12.0 Å². The van der Waals surface area contributed by atoms with E-state index >= 15 is 0 Å². The van der Waals surface area contributed by atoms with Crippen molar-refractivity contribution < 1.29 is 14.7 Å². The molecule has 1 fully saturated rings. The van der Waals surface area contributed by atoms with Gasteiger partial charge in [-0.25, -0.2) is 4.79 Å². The highest BCUT2D eigenvalue weighted by molar-refractivity contribution is 5.79. The number of carboxylic acids is 1. The van der Waals surface area contributed by atoms with Gasteiger partial charge in [-0.2, -0.15) is 0 Å². The number of carbonyl (C=O) groups excluding carboxylic acids is 1. The number of urea groups is 1. The van der Waals surface area contributed by atoms with Gasteiger partial charge in [0.05, 0.1) is 11.0 Å². The zero-order valence-corrected chi connectivity index (χ0v) is 12.9. The summed E-state index contributed by atoms with van der Waals surface area (Å²) >= 11 is 0. The first-order valence-corrected chi connectivity index (χ1v) is 7.19. The lowest BCUT2D eigenvalue weighted by molar-refractivity contribution is -0.150. The molecule has 6 heteroatoms. The second-order valence-corrected chi connectivity index (χ2v) is 6.52. The Morgan fingerprint density at radius 3 is 2.25 bits per heavy atom. The van der Waals surface area contributed by atoms with Crippen molar-refractivity contribution in [3.8, 4) is 0 Å². The van der Waals surface area contributed by atoms with Crippen LogP contribution in [-0.2, 0) is 4.79 Å². The molecule has 0 radical (unpaired) electrons. The summed E-state index contributed by atoms with van der Waals surface area (Å²) in [5.74, 6) is -0.934. The van der Waals surface area contributed by atoms with Gasteiger partial charge < -0.3 is 21.1 Å². The van der Waals surface area contributed by atoms with Gasteiger partial charge in [-0.1, -0.05) is 0 Å². The predicted molar refractivity (Wildman–Crippen MR) is 77.7 cm³/mol. The van der Waals surface area contributed by atoms with Gasteiger partial charge in [0.25, 0.3) is 0 Å². The third-order valence-corrected chi connectivity index (χ3v) is 4.17. The maximum Gasteiger partial charge on any atom is 0.315 e. The van der Waals surface area contributed by atoms with E-state index in [9.17, 15) is 14.7 Å². The monoisotopic (exact) mass is 285 g/mol. The minimum absolute atomic E-state index is 0.323. The molecular weight excluding hydrogens is 258 g/mol. The van der Waals surface area contributed by atoms with Crippen molar-refractivity contribution in [1.29, 1.82) is 0 Å². The minimum atomic E-state index is -1.04. The third-order valence-electron chi connectivity index (χ3n) is 4.17. The van der Waals surface area contributed by atoms with Gasteiger partial charge in [0, 0.05) is 12.6 Å². The van der Waals surface area contributed by atoms with Gasteiger partial charge in [-0.05, 0) is 53.5 Å². The number of amides is 2. The van der Waals surface area contributed by atoms with Crippen LogP contribution in [0.5, 0.6) is 0 Å². The summed E-state index contributed by atoms with van der Waals surface area (Å²) in [7, 11) is 0. The molecule has 0 aromatic carbocycles. The van der Waals surface area contributed by atoms with E-state index in [4.69, 9.17) is 0 Å². The molecule has 0 aromatic rings. The number of aliphatic carboxylic acids is 1. The average Bonchev–Trinajstić information content (AvgIpc) is 3.11. The van der Waals surface area contributed by atoms with E-state index in [1.807, 2.05) is 0 Å². The van der Waals surface area contributed by atoms with Crippen LogP contribution in [0.1, 0.15) is 47.0 Å². The Kier molecular flexibility index (Phi) is 5.39. The van der Waals surface area contributed by atoms with Crippen molar-refractivity contribution in [1.82, 2.24) is 16.0 Å². The zero-order valence-electron chi connectivity index (χ0n) is 12.9. The summed E-state index contributed by atoms with van der Waals surface area (Å²) in [5.41, 5.74) is -1.88. The Bertz CT molecular complexity index is 363. The van der Waals surface area contributed by atoms with Gasteiger partial charge in [-0.3, -0.25) is 4.79 Å². The lowest BCUT2D eigenvalue weighted by Crippen LogP contribution is -2.59. The Morgan fingerprint density at radius 2 is 1.75 bits per heavy atom. The summed E-state index contributed by atoms with van der Waals surface area (Å²) in [6, 6.07) is 0.356. The fourth-order valence-electron chi connectivity index (χ4n) is 1.64. The SMILES string of the molecule is CC(C)(NC(=O)NCCCNC1CC1)C(C)(C)C(=O)O. The van der Waals surface area contributed by atoms with Crippen LogP contribution in [0.4, 0.5) is 4.79 Å². The van der Waals surface area contributed by atoms with Crippen LogP contribution >= 0.6 is 0 Å². The van der Waals surface area contributed by atoms with Crippen molar-refractivity contribution >= 4 is 12.0 Å². The quantitative estimate of drug-likeness (QED) is 0.506. The van der Waals surface area contributed by atoms with Crippen molar-refractivity contribution in [3.05, 3.63) is 0 Å². The van der Waals surface area contributed by atoms with Crippen molar-refractivity contribution in [2.24, 2.45) is 5.41 Å². The van der Waals surface area contributed by atoms with Gasteiger partial charge in [0.15, 0.2) is 0 Å². The zero-order chi connectivity index (χ0) is 15.4. The molecule has 1 rings (SSSR count). The van der Waals surface area contributed by atoms with Crippen molar-refractivity contribution in [2.75, 3.05) is 13.1 Å². The summed E-state index contributed by atoms with van der Waals surface area (Å²) in [4.78, 5) is 23.0. The van der Waals surface area contributed by atoms with Crippen molar-refractivity contribution in [2.45, 2.75) is 58.5 Å². The Balaban J connectivity index is 2.26. The summed E-state index contributed by atoms with van der Waals surface area (Å²) in [5, 5.41) is 18.1. The van der Waals surface area contributed by atoms with Gasteiger partial charge in [-0.15, -0.1) is 0 Å². The first kappa shape index (κ1) is 16.8. The smallest absolute Gasteiger partial charge is 0.315 e. The fourth-order valence-corrected chi connectivity index (χ4v) is 1.64. The molecule has 0 heterocycles.